The summed E-state index contributed by atoms with van der Waals surface area (Å²) in [5.74, 6) is -0.0958. The van der Waals surface area contributed by atoms with E-state index in [0.29, 0.717) is 12.1 Å². The van der Waals surface area contributed by atoms with E-state index in [2.05, 4.69) is 17.1 Å². The lowest BCUT2D eigenvalue weighted by Gasteiger charge is -2.43. The van der Waals surface area contributed by atoms with E-state index in [1.807, 2.05) is 7.05 Å². The molecule has 4 heteroatoms. The van der Waals surface area contributed by atoms with Gasteiger partial charge in [-0.25, -0.2) is 0 Å². The van der Waals surface area contributed by atoms with E-state index in [1.54, 1.807) is 0 Å². The number of carbonyl (C=O) groups is 1. The van der Waals surface area contributed by atoms with E-state index < -0.39 is 5.54 Å². The van der Waals surface area contributed by atoms with Crippen LogP contribution in [0.1, 0.15) is 45.4 Å². The quantitative estimate of drug-likeness (QED) is 0.776. The smallest absolute Gasteiger partial charge is 0.326 e. The Labute approximate surface area is 110 Å². The number of esters is 1. The van der Waals surface area contributed by atoms with Crippen LogP contribution in [0, 0.1) is 0 Å². The molecule has 0 aromatic carbocycles. The molecular formula is C14H26N2O2. The molecule has 0 bridgehead atoms. The van der Waals surface area contributed by atoms with E-state index in [0.717, 1.165) is 19.3 Å². The Kier molecular flexibility index (Phi) is 4.28. The van der Waals surface area contributed by atoms with Gasteiger partial charge >= 0.3 is 5.97 Å². The average Bonchev–Trinajstić information content (AvgIpc) is 2.84. The van der Waals surface area contributed by atoms with Gasteiger partial charge in [-0.15, -0.1) is 0 Å². The number of likely N-dealkylation sites (N-methyl/N-ethyl adjacent to an activating group) is 1. The minimum Gasteiger partial charge on any atom is -0.468 e. The topological polar surface area (TPSA) is 41.6 Å². The molecule has 1 N–H and O–H groups in total. The van der Waals surface area contributed by atoms with E-state index in [4.69, 9.17) is 4.74 Å². The van der Waals surface area contributed by atoms with Crippen molar-refractivity contribution in [2.45, 2.75) is 63.1 Å². The van der Waals surface area contributed by atoms with Gasteiger partial charge in [-0.2, -0.15) is 0 Å². The van der Waals surface area contributed by atoms with Crippen LogP contribution in [0.25, 0.3) is 0 Å². The van der Waals surface area contributed by atoms with Crippen LogP contribution < -0.4 is 5.32 Å². The first-order valence-corrected chi connectivity index (χ1v) is 7.16. The zero-order chi connectivity index (χ0) is 13.2. The Hall–Kier alpha value is -0.610. The summed E-state index contributed by atoms with van der Waals surface area (Å²) in [6.45, 7) is 3.49. The van der Waals surface area contributed by atoms with Crippen LogP contribution in [-0.4, -0.2) is 49.2 Å². The fourth-order valence-corrected chi connectivity index (χ4v) is 3.74. The molecule has 0 aromatic rings. The first-order valence-electron chi connectivity index (χ1n) is 7.16. The fraction of sp³-hybridized carbons (Fsp3) is 0.929. The number of methoxy groups -OCH3 is 1. The summed E-state index contributed by atoms with van der Waals surface area (Å²) in [6.07, 6.45) is 6.69. The molecule has 4 nitrogen and oxygen atoms in total. The van der Waals surface area contributed by atoms with Crippen molar-refractivity contribution in [2.75, 3.05) is 20.7 Å². The SMILES string of the molecule is CNC1(C(=O)OC)CCCC(N2CCCC2C)C1. The van der Waals surface area contributed by atoms with Crippen LogP contribution in [-0.2, 0) is 9.53 Å². The number of rotatable bonds is 3. The van der Waals surface area contributed by atoms with Crippen molar-refractivity contribution < 1.29 is 9.53 Å². The molecule has 1 saturated heterocycles. The molecule has 1 heterocycles. The summed E-state index contributed by atoms with van der Waals surface area (Å²) >= 11 is 0. The van der Waals surface area contributed by atoms with Gasteiger partial charge in [0.05, 0.1) is 7.11 Å². The maximum absolute atomic E-state index is 12.1. The zero-order valence-electron chi connectivity index (χ0n) is 11.9. The molecule has 0 spiro atoms. The number of nitrogens with zero attached hydrogens (tertiary/aromatic N) is 1. The van der Waals surface area contributed by atoms with Crippen LogP contribution in [0.5, 0.6) is 0 Å². The summed E-state index contributed by atoms with van der Waals surface area (Å²) in [7, 11) is 3.37. The van der Waals surface area contributed by atoms with Crippen molar-refractivity contribution in [1.82, 2.24) is 10.2 Å². The molecule has 2 rings (SSSR count). The molecule has 2 fully saturated rings. The highest BCUT2D eigenvalue weighted by atomic mass is 16.5. The van der Waals surface area contributed by atoms with Crippen molar-refractivity contribution in [3.05, 3.63) is 0 Å². The Morgan fingerprint density at radius 2 is 2.17 bits per heavy atom. The number of likely N-dealkylation sites (tertiary alicyclic amines) is 1. The molecule has 3 atom stereocenters. The Balaban J connectivity index is 2.09. The predicted molar refractivity (Wildman–Crippen MR) is 71.5 cm³/mol. The molecule has 1 saturated carbocycles. The van der Waals surface area contributed by atoms with Crippen LogP contribution >= 0.6 is 0 Å². The van der Waals surface area contributed by atoms with Gasteiger partial charge in [-0.05, 0) is 59.0 Å². The van der Waals surface area contributed by atoms with Gasteiger partial charge in [-0.1, -0.05) is 0 Å². The molecule has 18 heavy (non-hydrogen) atoms. The van der Waals surface area contributed by atoms with Gasteiger partial charge < -0.3 is 10.1 Å². The third kappa shape index (κ3) is 2.41. The third-order valence-electron chi connectivity index (χ3n) is 4.85. The lowest BCUT2D eigenvalue weighted by Crippen LogP contribution is -2.58. The Morgan fingerprint density at radius 1 is 1.39 bits per heavy atom. The van der Waals surface area contributed by atoms with E-state index in [-0.39, 0.29) is 5.97 Å². The lowest BCUT2D eigenvalue weighted by molar-refractivity contribution is -0.151. The van der Waals surface area contributed by atoms with Crippen molar-refractivity contribution in [2.24, 2.45) is 0 Å². The molecule has 0 radical (unpaired) electrons. The fourth-order valence-electron chi connectivity index (χ4n) is 3.74. The summed E-state index contributed by atoms with van der Waals surface area (Å²) in [5, 5.41) is 3.24. The van der Waals surface area contributed by atoms with Crippen molar-refractivity contribution in [3.63, 3.8) is 0 Å². The Bertz CT molecular complexity index is 308. The van der Waals surface area contributed by atoms with Gasteiger partial charge in [-0.3, -0.25) is 9.69 Å². The van der Waals surface area contributed by atoms with E-state index >= 15 is 0 Å². The minimum absolute atomic E-state index is 0.0958. The largest absolute Gasteiger partial charge is 0.468 e. The number of ether oxygens (including phenoxy) is 1. The molecular weight excluding hydrogens is 228 g/mol. The molecule has 104 valence electrons. The summed E-state index contributed by atoms with van der Waals surface area (Å²) < 4.78 is 5.00. The molecule has 2 aliphatic rings. The third-order valence-corrected chi connectivity index (χ3v) is 4.85. The van der Waals surface area contributed by atoms with Crippen LogP contribution in [0.15, 0.2) is 0 Å². The minimum atomic E-state index is -0.458. The van der Waals surface area contributed by atoms with Gasteiger partial charge in [0.25, 0.3) is 0 Å². The van der Waals surface area contributed by atoms with Crippen LogP contribution in [0.2, 0.25) is 0 Å². The maximum Gasteiger partial charge on any atom is 0.326 e. The monoisotopic (exact) mass is 254 g/mol. The summed E-state index contributed by atoms with van der Waals surface area (Å²) in [5.41, 5.74) is -0.458. The second kappa shape index (κ2) is 5.57. The van der Waals surface area contributed by atoms with Crippen molar-refractivity contribution >= 4 is 5.97 Å². The van der Waals surface area contributed by atoms with Crippen LogP contribution in [0.4, 0.5) is 0 Å². The normalized spacial score (nSPS) is 37.7. The van der Waals surface area contributed by atoms with Gasteiger partial charge in [0, 0.05) is 12.1 Å². The number of hydrogen-bond donors (Lipinski definition) is 1. The predicted octanol–water partition coefficient (Wildman–Crippen LogP) is 1.54. The summed E-state index contributed by atoms with van der Waals surface area (Å²) in [4.78, 5) is 14.7. The first-order chi connectivity index (χ1) is 8.63. The zero-order valence-corrected chi connectivity index (χ0v) is 11.9. The number of carbonyl (C=O) groups excluding carboxylic acids is 1. The molecule has 0 aromatic heterocycles. The van der Waals surface area contributed by atoms with Gasteiger partial charge in [0.1, 0.15) is 5.54 Å². The van der Waals surface area contributed by atoms with Gasteiger partial charge in [0.15, 0.2) is 0 Å². The standard InChI is InChI=1S/C14H26N2O2/c1-11-6-5-9-16(11)12-7-4-8-14(10-12,15-2)13(17)18-3/h11-12,15H,4-10H2,1-3H3. The maximum atomic E-state index is 12.1. The lowest BCUT2D eigenvalue weighted by atomic mass is 9.78. The number of hydrogen-bond acceptors (Lipinski definition) is 4. The van der Waals surface area contributed by atoms with E-state index in [9.17, 15) is 4.79 Å². The molecule has 1 aliphatic heterocycles. The summed E-state index contributed by atoms with van der Waals surface area (Å²) in [6, 6.07) is 1.20. The highest BCUT2D eigenvalue weighted by Gasteiger charge is 2.45. The highest BCUT2D eigenvalue weighted by Crippen LogP contribution is 2.35. The second-order valence-electron chi connectivity index (χ2n) is 5.80. The van der Waals surface area contributed by atoms with Crippen LogP contribution in [0.3, 0.4) is 0 Å². The molecule has 3 unspecified atom stereocenters. The van der Waals surface area contributed by atoms with Gasteiger partial charge in [0.2, 0.25) is 0 Å². The number of nitrogens with one attached hydrogen (secondary N) is 1. The average molecular weight is 254 g/mol. The molecule has 0 amide bonds. The Morgan fingerprint density at radius 3 is 2.72 bits per heavy atom. The van der Waals surface area contributed by atoms with E-state index in [1.165, 1.54) is 32.9 Å². The first kappa shape index (κ1) is 13.8. The van der Waals surface area contributed by atoms with Crippen molar-refractivity contribution in [3.8, 4) is 0 Å². The van der Waals surface area contributed by atoms with Crippen molar-refractivity contribution in [1.29, 1.82) is 0 Å². The highest BCUT2D eigenvalue weighted by molar-refractivity contribution is 5.81. The second-order valence-corrected chi connectivity index (χ2v) is 5.80. The molecule has 1 aliphatic carbocycles.